The Hall–Kier alpha value is -0.930. The fourth-order valence-electron chi connectivity index (χ4n) is 8.44. The van der Waals surface area contributed by atoms with Gasteiger partial charge in [0.05, 0.1) is 4.99 Å². The summed E-state index contributed by atoms with van der Waals surface area (Å²) < 4.78 is 0. The van der Waals surface area contributed by atoms with E-state index in [9.17, 15) is 0 Å². The molecule has 0 aromatic rings. The van der Waals surface area contributed by atoms with Crippen LogP contribution in [0, 0.1) is 28.1 Å². The minimum absolute atomic E-state index is 0.201. The third kappa shape index (κ3) is 3.37. The van der Waals surface area contributed by atoms with Crippen molar-refractivity contribution in [2.45, 2.75) is 71.3 Å². The third-order valence-corrected chi connectivity index (χ3v) is 9.63. The van der Waals surface area contributed by atoms with E-state index in [0.717, 1.165) is 11.8 Å². The summed E-state index contributed by atoms with van der Waals surface area (Å²) in [5.41, 5.74) is 2.23. The predicted octanol–water partition coefficient (Wildman–Crippen LogP) is 5.66. The van der Waals surface area contributed by atoms with Crippen molar-refractivity contribution in [1.82, 2.24) is 10.2 Å². The summed E-state index contributed by atoms with van der Waals surface area (Å²) in [6, 6.07) is 0.583. The summed E-state index contributed by atoms with van der Waals surface area (Å²) in [6.45, 7) is 13.0. The maximum atomic E-state index is 6.25. The molecule has 6 bridgehead atoms. The topological polar surface area (TPSA) is 15.3 Å². The lowest BCUT2D eigenvalue weighted by molar-refractivity contribution is -0.106. The van der Waals surface area contributed by atoms with E-state index >= 15 is 0 Å². The average molecular weight is 411 g/mol. The number of fused-ring (bicyclic) bond motifs is 3. The van der Waals surface area contributed by atoms with Gasteiger partial charge in [0.15, 0.2) is 0 Å². The number of piperidine rings is 3. The summed E-state index contributed by atoms with van der Waals surface area (Å²) in [7, 11) is 0. The van der Waals surface area contributed by atoms with Gasteiger partial charge in [-0.2, -0.15) is 0 Å². The monoisotopic (exact) mass is 410 g/mol. The van der Waals surface area contributed by atoms with Gasteiger partial charge in [0.1, 0.15) is 0 Å². The van der Waals surface area contributed by atoms with Crippen molar-refractivity contribution in [2.75, 3.05) is 19.6 Å². The highest BCUT2D eigenvalue weighted by Gasteiger charge is 2.63. The smallest absolute Gasteiger partial charge is 0.0819 e. The van der Waals surface area contributed by atoms with E-state index in [1.54, 1.807) is 0 Å². The second kappa shape index (κ2) is 7.05. The molecule has 1 N–H and O–H groups in total. The zero-order chi connectivity index (χ0) is 20.3. The molecule has 2 unspecified atom stereocenters. The van der Waals surface area contributed by atoms with Crippen molar-refractivity contribution in [2.24, 2.45) is 28.1 Å². The van der Waals surface area contributed by atoms with E-state index < -0.39 is 0 Å². The summed E-state index contributed by atoms with van der Waals surface area (Å²) >= 11 is 6.25. The van der Waals surface area contributed by atoms with Crippen LogP contribution < -0.4 is 5.32 Å². The molecule has 0 amide bonds. The van der Waals surface area contributed by atoms with Gasteiger partial charge in [-0.25, -0.2) is 0 Å². The maximum Gasteiger partial charge on any atom is 0.0819 e. The normalized spacial score (nSPS) is 47.9. The largest absolute Gasteiger partial charge is 0.375 e. The molecule has 2 nitrogen and oxygen atoms in total. The summed E-state index contributed by atoms with van der Waals surface area (Å²) in [6.07, 6.45) is 19.2. The maximum absolute atomic E-state index is 6.25. The molecule has 3 aliphatic heterocycles. The van der Waals surface area contributed by atoms with Crippen LogP contribution in [0.4, 0.5) is 0 Å². The number of nitrogens with one attached hydrogen (secondary N) is 1. The zero-order valence-corrected chi connectivity index (χ0v) is 19.2. The van der Waals surface area contributed by atoms with Gasteiger partial charge in [0, 0.05) is 18.0 Å². The molecule has 4 saturated carbocycles. The van der Waals surface area contributed by atoms with Crippen molar-refractivity contribution in [3.63, 3.8) is 0 Å². The number of allylic oxidation sites excluding steroid dienone is 5. The van der Waals surface area contributed by atoms with E-state index in [-0.39, 0.29) is 10.8 Å². The van der Waals surface area contributed by atoms with Gasteiger partial charge in [0.2, 0.25) is 0 Å². The second-order valence-electron chi connectivity index (χ2n) is 11.5. The van der Waals surface area contributed by atoms with Gasteiger partial charge in [-0.05, 0) is 99.6 Å². The molecule has 7 aliphatic rings. The molecule has 7 rings (SSSR count). The minimum Gasteiger partial charge on any atom is -0.375 e. The van der Waals surface area contributed by atoms with Crippen molar-refractivity contribution in [1.29, 1.82) is 0 Å². The molecule has 29 heavy (non-hydrogen) atoms. The minimum atomic E-state index is 0.201. The van der Waals surface area contributed by atoms with E-state index in [0.29, 0.717) is 11.5 Å². The Morgan fingerprint density at radius 3 is 2.45 bits per heavy atom. The lowest BCUT2D eigenvalue weighted by Gasteiger charge is -2.66. The van der Waals surface area contributed by atoms with Gasteiger partial charge in [-0.15, -0.1) is 0 Å². The van der Waals surface area contributed by atoms with Gasteiger partial charge in [-0.3, -0.25) is 0 Å². The van der Waals surface area contributed by atoms with Crippen LogP contribution in [-0.4, -0.2) is 35.6 Å². The lowest BCUT2D eigenvalue weighted by Crippen LogP contribution is -2.64. The fraction of sp³-hybridized carbons (Fsp3) is 0.731. The Balaban J connectivity index is 1.39. The van der Waals surface area contributed by atoms with Crippen LogP contribution in [-0.2, 0) is 0 Å². The van der Waals surface area contributed by atoms with Gasteiger partial charge in [0.25, 0.3) is 0 Å². The van der Waals surface area contributed by atoms with E-state index in [2.05, 4.69) is 54.9 Å². The predicted molar refractivity (Wildman–Crippen MR) is 126 cm³/mol. The van der Waals surface area contributed by atoms with E-state index in [4.69, 9.17) is 12.2 Å². The molecule has 0 radical (unpaired) electrons. The first-order chi connectivity index (χ1) is 13.9. The Morgan fingerprint density at radius 1 is 1.07 bits per heavy atom. The Kier molecular flexibility index (Phi) is 4.86. The van der Waals surface area contributed by atoms with E-state index in [1.165, 1.54) is 81.6 Å². The summed E-state index contributed by atoms with van der Waals surface area (Å²) in [4.78, 5) is 3.85. The highest BCUT2D eigenvalue weighted by Crippen LogP contribution is 2.71. The van der Waals surface area contributed by atoms with Gasteiger partial charge < -0.3 is 10.2 Å². The Morgan fingerprint density at radius 2 is 1.79 bits per heavy atom. The van der Waals surface area contributed by atoms with Crippen molar-refractivity contribution in [3.8, 4) is 0 Å². The molecule has 0 aromatic heterocycles. The van der Waals surface area contributed by atoms with Gasteiger partial charge in [-0.1, -0.05) is 50.0 Å². The molecule has 4 aliphatic carbocycles. The number of nitrogens with zero attached hydrogens (tertiary/aromatic N) is 1. The molecule has 0 aromatic carbocycles. The Labute approximate surface area is 182 Å². The standard InChI is InChI=1S/C26H38N2S/c1-4-5-6-7-19(2)25-13-20-12-24(3,16-25)17-26(14-20,18-25)23(29)27-22-15-28-10-8-21(22)9-11-28/h4-7,20-22H,2,8-18H2,1,3H3,(H,27,29)/b5-4-,7-6-/t20?,22-,24+,25+,26?/m0/s1. The molecule has 3 heterocycles. The lowest BCUT2D eigenvalue weighted by atomic mass is 9.38. The summed E-state index contributed by atoms with van der Waals surface area (Å²) in [5.74, 6) is 1.64. The fourth-order valence-corrected chi connectivity index (χ4v) is 8.82. The molecule has 3 heteroatoms. The molecule has 0 spiro atoms. The highest BCUT2D eigenvalue weighted by molar-refractivity contribution is 7.80. The molecular formula is C26H38N2S. The zero-order valence-electron chi connectivity index (χ0n) is 18.4. The van der Waals surface area contributed by atoms with Crippen LogP contribution in [0.5, 0.6) is 0 Å². The first kappa shape index (κ1) is 20.0. The van der Waals surface area contributed by atoms with E-state index in [1.807, 2.05) is 0 Å². The first-order valence-corrected chi connectivity index (χ1v) is 12.3. The van der Waals surface area contributed by atoms with Crippen LogP contribution in [0.2, 0.25) is 0 Å². The highest BCUT2D eigenvalue weighted by atomic mass is 32.1. The van der Waals surface area contributed by atoms with Crippen LogP contribution in [0.1, 0.15) is 65.2 Å². The molecule has 7 fully saturated rings. The van der Waals surface area contributed by atoms with Crippen molar-refractivity contribution >= 4 is 17.2 Å². The van der Waals surface area contributed by atoms with Crippen LogP contribution in [0.25, 0.3) is 0 Å². The van der Waals surface area contributed by atoms with Gasteiger partial charge >= 0.3 is 0 Å². The third-order valence-electron chi connectivity index (χ3n) is 9.08. The Bertz CT molecular complexity index is 761. The molecule has 5 atom stereocenters. The number of rotatable bonds is 5. The first-order valence-electron chi connectivity index (χ1n) is 11.9. The number of hydrogen-bond donors (Lipinski definition) is 1. The molecular weight excluding hydrogens is 372 g/mol. The summed E-state index contributed by atoms with van der Waals surface area (Å²) in [5, 5.41) is 3.96. The quantitative estimate of drug-likeness (QED) is 0.465. The van der Waals surface area contributed by atoms with Crippen molar-refractivity contribution < 1.29 is 0 Å². The molecule has 3 saturated heterocycles. The average Bonchev–Trinajstić information content (AvgIpc) is 2.67. The second-order valence-corrected chi connectivity index (χ2v) is 11.9. The number of thiocarbonyl (C=S) groups is 1. The van der Waals surface area contributed by atoms with Crippen LogP contribution in [0.15, 0.2) is 36.5 Å². The SMILES string of the molecule is C=C(/C=C\C=C/C)[C@]12CC3CC(C(=S)N[C@H]4CN5CCC4CC5)(C[C@](C)(C3)C1)C2. The van der Waals surface area contributed by atoms with Crippen LogP contribution >= 0.6 is 12.2 Å². The molecule has 158 valence electrons. The van der Waals surface area contributed by atoms with Crippen molar-refractivity contribution in [3.05, 3.63) is 36.5 Å². The number of hydrogen-bond acceptors (Lipinski definition) is 2. The van der Waals surface area contributed by atoms with Crippen LogP contribution in [0.3, 0.4) is 0 Å².